The third-order valence-electron chi connectivity index (χ3n) is 9.42. The van der Waals surface area contributed by atoms with Crippen LogP contribution in [-0.4, -0.2) is 111 Å². The van der Waals surface area contributed by atoms with E-state index in [4.69, 9.17) is 0 Å². The lowest BCUT2D eigenvalue weighted by atomic mass is 9.98. The number of nitrogens with one attached hydrogen (secondary N) is 2. The summed E-state index contributed by atoms with van der Waals surface area (Å²) in [4.78, 5) is 45.1. The molecule has 0 aliphatic carbocycles. The second kappa shape index (κ2) is 19.6. The summed E-state index contributed by atoms with van der Waals surface area (Å²) in [6, 6.07) is 22.0. The molecule has 1 heterocycles. The van der Waals surface area contributed by atoms with Crippen LogP contribution in [0.25, 0.3) is 11.1 Å². The summed E-state index contributed by atoms with van der Waals surface area (Å²) >= 11 is 0. The van der Waals surface area contributed by atoms with E-state index in [-0.39, 0.29) is 17.9 Å². The standard InChI is InChI=1S/C39H53FN6O4/c1-41-22-12-24-44(3)38(48)31-18-19-35(34(40)29-31)42-23-11-5-8-17-37(47)43(2)27-28-45-25-20-32(21-26-45)46(39(49)50)36-16-10-9-15-33(36)30-13-6-4-7-14-30/h4,6-7,9-10,13-16,18-19,29,32,41-42H,5,8,11-12,17,20-28H2,1-3H3,(H,49,50). The number of hydrogen-bond acceptors (Lipinski definition) is 6. The Hall–Kier alpha value is -4.48. The Morgan fingerprint density at radius 3 is 2.28 bits per heavy atom. The smallest absolute Gasteiger partial charge is 0.412 e. The van der Waals surface area contributed by atoms with Crippen molar-refractivity contribution in [2.75, 3.05) is 77.2 Å². The molecule has 11 heteroatoms. The number of likely N-dealkylation sites (tertiary alicyclic amines) is 1. The molecule has 270 valence electrons. The van der Waals surface area contributed by atoms with Gasteiger partial charge in [-0.25, -0.2) is 9.18 Å². The molecule has 3 N–H and O–H groups in total. The van der Waals surface area contributed by atoms with E-state index < -0.39 is 11.9 Å². The summed E-state index contributed by atoms with van der Waals surface area (Å²) in [5, 5.41) is 16.4. The van der Waals surface area contributed by atoms with Crippen LogP contribution in [-0.2, 0) is 4.79 Å². The fraction of sp³-hybridized carbons (Fsp3) is 0.462. The largest absolute Gasteiger partial charge is 0.465 e. The molecule has 3 amide bonds. The van der Waals surface area contributed by atoms with Crippen LogP contribution in [0.2, 0.25) is 0 Å². The Morgan fingerprint density at radius 1 is 0.860 bits per heavy atom. The van der Waals surface area contributed by atoms with E-state index in [1.165, 1.54) is 11.0 Å². The molecule has 0 unspecified atom stereocenters. The third kappa shape index (κ3) is 11.0. The number of nitrogens with zero attached hydrogens (tertiary/aromatic N) is 4. The summed E-state index contributed by atoms with van der Waals surface area (Å²) in [5.41, 5.74) is 3.30. The second-order valence-corrected chi connectivity index (χ2v) is 13.0. The number of para-hydroxylation sites is 1. The van der Waals surface area contributed by atoms with E-state index in [2.05, 4.69) is 15.5 Å². The first-order chi connectivity index (χ1) is 24.2. The topological polar surface area (TPSA) is 108 Å². The van der Waals surface area contributed by atoms with E-state index >= 15 is 0 Å². The Labute approximate surface area is 296 Å². The van der Waals surface area contributed by atoms with Gasteiger partial charge >= 0.3 is 6.09 Å². The first-order valence-corrected chi connectivity index (χ1v) is 17.8. The lowest BCUT2D eigenvalue weighted by Crippen LogP contribution is -2.48. The first kappa shape index (κ1) is 38.3. The molecule has 4 rings (SSSR count). The van der Waals surface area contributed by atoms with Gasteiger partial charge in [0.25, 0.3) is 5.91 Å². The predicted octanol–water partition coefficient (Wildman–Crippen LogP) is 6.25. The highest BCUT2D eigenvalue weighted by atomic mass is 19.1. The van der Waals surface area contributed by atoms with Crippen molar-refractivity contribution < 1.29 is 23.9 Å². The van der Waals surface area contributed by atoms with Gasteiger partial charge in [-0.2, -0.15) is 0 Å². The molecule has 0 radical (unpaired) electrons. The van der Waals surface area contributed by atoms with Gasteiger partial charge in [-0.3, -0.25) is 14.5 Å². The summed E-state index contributed by atoms with van der Waals surface area (Å²) < 4.78 is 14.7. The number of amides is 3. The second-order valence-electron chi connectivity index (χ2n) is 13.0. The van der Waals surface area contributed by atoms with Gasteiger partial charge in [-0.1, -0.05) is 55.0 Å². The van der Waals surface area contributed by atoms with Crippen LogP contribution in [0.5, 0.6) is 0 Å². The van der Waals surface area contributed by atoms with Crippen molar-refractivity contribution in [3.8, 4) is 11.1 Å². The Kier molecular flexibility index (Phi) is 15.1. The minimum Gasteiger partial charge on any atom is -0.465 e. The van der Waals surface area contributed by atoms with Crippen molar-refractivity contribution in [3.05, 3.63) is 84.2 Å². The van der Waals surface area contributed by atoms with E-state index in [1.54, 1.807) is 29.0 Å². The monoisotopic (exact) mass is 688 g/mol. The number of anilines is 2. The minimum atomic E-state index is -0.943. The summed E-state index contributed by atoms with van der Waals surface area (Å²) in [5.74, 6) is -0.549. The van der Waals surface area contributed by atoms with Crippen LogP contribution in [0.4, 0.5) is 20.6 Å². The molecule has 50 heavy (non-hydrogen) atoms. The highest BCUT2D eigenvalue weighted by molar-refractivity contribution is 5.94. The number of unbranched alkanes of at least 4 members (excludes halogenated alkanes) is 2. The minimum absolute atomic E-state index is 0.102. The molecule has 10 nitrogen and oxygen atoms in total. The number of likely N-dealkylation sites (N-methyl/N-ethyl adjacent to an activating group) is 1. The van der Waals surface area contributed by atoms with Crippen molar-refractivity contribution in [3.63, 3.8) is 0 Å². The number of carbonyl (C=O) groups is 3. The van der Waals surface area contributed by atoms with Crippen molar-refractivity contribution in [1.29, 1.82) is 0 Å². The number of carbonyl (C=O) groups excluding carboxylic acids is 2. The molecular formula is C39H53FN6O4. The third-order valence-corrected chi connectivity index (χ3v) is 9.42. The maximum absolute atomic E-state index is 14.7. The van der Waals surface area contributed by atoms with E-state index in [9.17, 15) is 23.9 Å². The summed E-state index contributed by atoms with van der Waals surface area (Å²) in [6.07, 6.45) is 4.17. The van der Waals surface area contributed by atoms with Gasteiger partial charge in [0, 0.05) is 77.0 Å². The number of rotatable bonds is 18. The fourth-order valence-electron chi connectivity index (χ4n) is 6.42. The lowest BCUT2D eigenvalue weighted by molar-refractivity contribution is -0.130. The average molecular weight is 689 g/mol. The molecule has 3 aromatic rings. The summed E-state index contributed by atoms with van der Waals surface area (Å²) in [6.45, 7) is 4.88. The van der Waals surface area contributed by atoms with Gasteiger partial charge in [0.1, 0.15) is 5.82 Å². The lowest BCUT2D eigenvalue weighted by Gasteiger charge is -2.38. The predicted molar refractivity (Wildman–Crippen MR) is 198 cm³/mol. The molecular weight excluding hydrogens is 635 g/mol. The number of halogens is 1. The first-order valence-electron chi connectivity index (χ1n) is 17.8. The highest BCUT2D eigenvalue weighted by Crippen LogP contribution is 2.34. The van der Waals surface area contributed by atoms with Crippen molar-refractivity contribution in [2.45, 2.75) is 51.0 Å². The van der Waals surface area contributed by atoms with Crippen molar-refractivity contribution in [2.24, 2.45) is 0 Å². The SMILES string of the molecule is CNCCCN(C)C(=O)c1ccc(NCCCCCC(=O)N(C)CCN2CCC(N(C(=O)O)c3ccccc3-c3ccccc3)CC2)c(F)c1. The van der Waals surface area contributed by atoms with E-state index in [0.29, 0.717) is 43.0 Å². The van der Waals surface area contributed by atoms with Gasteiger partial charge in [-0.15, -0.1) is 0 Å². The number of carboxylic acid groups (broad SMARTS) is 1. The quantitative estimate of drug-likeness (QED) is 0.136. The molecule has 0 atom stereocenters. The molecule has 0 spiro atoms. The van der Waals surface area contributed by atoms with Crippen LogP contribution < -0.4 is 15.5 Å². The molecule has 1 fully saturated rings. The molecule has 1 aliphatic rings. The zero-order valence-corrected chi connectivity index (χ0v) is 29.7. The number of benzene rings is 3. The molecule has 1 saturated heterocycles. The zero-order chi connectivity index (χ0) is 35.9. The van der Waals surface area contributed by atoms with Gasteiger partial charge in [0.2, 0.25) is 5.91 Å². The van der Waals surface area contributed by atoms with E-state index in [0.717, 1.165) is 75.8 Å². The Balaban J connectivity index is 1.13. The molecule has 1 aliphatic heterocycles. The zero-order valence-electron chi connectivity index (χ0n) is 29.7. The highest BCUT2D eigenvalue weighted by Gasteiger charge is 2.30. The van der Waals surface area contributed by atoms with Gasteiger partial charge in [-0.05, 0) is 75.5 Å². The number of hydrogen-bond donors (Lipinski definition) is 3. The van der Waals surface area contributed by atoms with Crippen LogP contribution >= 0.6 is 0 Å². The van der Waals surface area contributed by atoms with Crippen LogP contribution in [0.3, 0.4) is 0 Å². The molecule has 0 saturated carbocycles. The van der Waals surface area contributed by atoms with Gasteiger partial charge in [0.15, 0.2) is 0 Å². The number of piperidine rings is 1. The van der Waals surface area contributed by atoms with Gasteiger partial charge in [0.05, 0.1) is 11.4 Å². The Bertz CT molecular complexity index is 1530. The van der Waals surface area contributed by atoms with Gasteiger partial charge < -0.3 is 30.4 Å². The van der Waals surface area contributed by atoms with Crippen molar-refractivity contribution in [1.82, 2.24) is 20.0 Å². The van der Waals surface area contributed by atoms with Crippen LogP contribution in [0.1, 0.15) is 55.3 Å². The molecule has 3 aromatic carbocycles. The average Bonchev–Trinajstić information content (AvgIpc) is 3.13. The van der Waals surface area contributed by atoms with E-state index in [1.807, 2.05) is 68.7 Å². The maximum Gasteiger partial charge on any atom is 0.412 e. The van der Waals surface area contributed by atoms with Crippen LogP contribution in [0, 0.1) is 5.82 Å². The maximum atomic E-state index is 14.7. The van der Waals surface area contributed by atoms with Crippen molar-refractivity contribution >= 4 is 29.3 Å². The molecule has 0 aromatic heterocycles. The Morgan fingerprint density at radius 2 is 1.58 bits per heavy atom. The van der Waals surface area contributed by atoms with Crippen LogP contribution in [0.15, 0.2) is 72.8 Å². The normalized spacial score (nSPS) is 13.5. The molecule has 0 bridgehead atoms. The summed E-state index contributed by atoms with van der Waals surface area (Å²) in [7, 11) is 5.42. The fourth-order valence-corrected chi connectivity index (χ4v) is 6.42.